The van der Waals surface area contributed by atoms with Crippen molar-refractivity contribution >= 4 is 39.8 Å². The molecule has 0 bridgehead atoms. The molecule has 0 fully saturated rings. The van der Waals surface area contributed by atoms with Crippen molar-refractivity contribution in [1.29, 1.82) is 0 Å². The Labute approximate surface area is 130 Å². The normalized spacial score (nSPS) is 11.8. The smallest absolute Gasteiger partial charge is 0.0737 e. The maximum absolute atomic E-state index is 6.00. The Bertz CT molecular complexity index is 582. The summed E-state index contributed by atoms with van der Waals surface area (Å²) in [6.45, 7) is 5.42. The van der Waals surface area contributed by atoms with Gasteiger partial charge in [0.15, 0.2) is 0 Å². The number of fused-ring (bicyclic) bond motifs is 1. The molecular weight excluding hydrogens is 291 g/mol. The molecule has 4 heteroatoms. The third-order valence-corrected chi connectivity index (χ3v) is 3.95. The molecule has 0 spiro atoms. The average Bonchev–Trinajstić information content (AvgIpc) is 2.42. The monoisotopic (exact) mass is 310 g/mol. The fourth-order valence-corrected chi connectivity index (χ4v) is 2.54. The molecule has 2 rings (SSSR count). The van der Waals surface area contributed by atoms with Crippen LogP contribution in [0.3, 0.4) is 0 Å². The van der Waals surface area contributed by atoms with Crippen molar-refractivity contribution in [2.24, 2.45) is 5.41 Å². The Balaban J connectivity index is 2.14. The van der Waals surface area contributed by atoms with Crippen LogP contribution in [-0.4, -0.2) is 17.4 Å². The van der Waals surface area contributed by atoms with Crippen LogP contribution >= 0.6 is 23.2 Å². The lowest BCUT2D eigenvalue weighted by Crippen LogP contribution is -2.23. The summed E-state index contributed by atoms with van der Waals surface area (Å²) in [5.41, 5.74) is 2.24. The maximum atomic E-state index is 6.00. The second kappa shape index (κ2) is 6.64. The largest absolute Gasteiger partial charge is 0.384 e. The van der Waals surface area contributed by atoms with Crippen LogP contribution in [0.2, 0.25) is 5.02 Å². The van der Waals surface area contributed by atoms with E-state index in [4.69, 9.17) is 23.2 Å². The Morgan fingerprint density at radius 3 is 2.80 bits per heavy atom. The van der Waals surface area contributed by atoms with Gasteiger partial charge in [-0.2, -0.15) is 0 Å². The number of hydrogen-bond acceptors (Lipinski definition) is 2. The highest BCUT2D eigenvalue weighted by Gasteiger charge is 2.17. The van der Waals surface area contributed by atoms with Gasteiger partial charge in [0.1, 0.15) is 0 Å². The molecule has 1 aromatic carbocycles. The van der Waals surface area contributed by atoms with E-state index in [-0.39, 0.29) is 5.41 Å². The van der Waals surface area contributed by atoms with E-state index in [9.17, 15) is 0 Å². The van der Waals surface area contributed by atoms with E-state index in [1.165, 1.54) is 0 Å². The summed E-state index contributed by atoms with van der Waals surface area (Å²) >= 11 is 11.8. The van der Waals surface area contributed by atoms with E-state index in [0.717, 1.165) is 41.9 Å². The molecule has 1 aromatic heterocycles. The first-order valence-electron chi connectivity index (χ1n) is 6.86. The van der Waals surface area contributed by atoms with Crippen molar-refractivity contribution in [3.63, 3.8) is 0 Å². The van der Waals surface area contributed by atoms with Crippen molar-refractivity contribution in [3.05, 3.63) is 35.5 Å². The van der Waals surface area contributed by atoms with Gasteiger partial charge >= 0.3 is 0 Å². The summed E-state index contributed by atoms with van der Waals surface area (Å²) in [4.78, 5) is 4.35. The van der Waals surface area contributed by atoms with Crippen molar-refractivity contribution in [3.8, 4) is 0 Å². The van der Waals surface area contributed by atoms with Gasteiger partial charge in [0, 0.05) is 34.7 Å². The first-order chi connectivity index (χ1) is 9.52. The molecule has 0 radical (unpaired) electrons. The number of aromatic nitrogens is 1. The molecule has 0 aliphatic carbocycles. The van der Waals surface area contributed by atoms with Gasteiger partial charge in [-0.15, -0.1) is 11.6 Å². The van der Waals surface area contributed by atoms with Crippen LogP contribution in [0.5, 0.6) is 0 Å². The van der Waals surface area contributed by atoms with E-state index in [2.05, 4.69) is 24.1 Å². The zero-order valence-electron chi connectivity index (χ0n) is 11.9. The second-order valence-electron chi connectivity index (χ2n) is 5.83. The van der Waals surface area contributed by atoms with Gasteiger partial charge in [0.25, 0.3) is 0 Å². The van der Waals surface area contributed by atoms with E-state index >= 15 is 0 Å². The third-order valence-electron chi connectivity index (χ3n) is 3.45. The Kier molecular flexibility index (Phi) is 5.11. The van der Waals surface area contributed by atoms with Crippen molar-refractivity contribution in [1.82, 2.24) is 4.98 Å². The predicted octanol–water partition coefficient (Wildman–Crippen LogP) is 5.35. The third kappa shape index (κ3) is 4.00. The van der Waals surface area contributed by atoms with Crippen LogP contribution in [0.4, 0.5) is 5.69 Å². The number of pyridine rings is 1. The number of nitrogens with zero attached hydrogens (tertiary/aromatic N) is 1. The predicted molar refractivity (Wildman–Crippen MR) is 89.0 cm³/mol. The molecule has 0 unspecified atom stereocenters. The SMILES string of the molecule is CC(C)(CCCCl)CNc1ccnc2cc(Cl)ccc12. The molecule has 0 atom stereocenters. The van der Waals surface area contributed by atoms with Crippen LogP contribution in [-0.2, 0) is 0 Å². The summed E-state index contributed by atoms with van der Waals surface area (Å²) in [5.74, 6) is 0.722. The Morgan fingerprint density at radius 2 is 2.05 bits per heavy atom. The first kappa shape index (κ1) is 15.4. The van der Waals surface area contributed by atoms with E-state index in [0.29, 0.717) is 5.02 Å². The van der Waals surface area contributed by atoms with Crippen LogP contribution in [0.15, 0.2) is 30.5 Å². The molecule has 1 heterocycles. The minimum atomic E-state index is 0.219. The van der Waals surface area contributed by atoms with E-state index < -0.39 is 0 Å². The number of rotatable bonds is 6. The van der Waals surface area contributed by atoms with Crippen molar-refractivity contribution in [2.75, 3.05) is 17.7 Å². The number of anilines is 1. The molecule has 0 saturated carbocycles. The van der Waals surface area contributed by atoms with Gasteiger partial charge in [-0.05, 0) is 42.5 Å². The molecular formula is C16H20Cl2N2. The van der Waals surface area contributed by atoms with E-state index in [1.54, 1.807) is 0 Å². The quantitative estimate of drug-likeness (QED) is 0.728. The molecule has 0 aliphatic rings. The van der Waals surface area contributed by atoms with E-state index in [1.807, 2.05) is 30.5 Å². The lowest BCUT2D eigenvalue weighted by molar-refractivity contribution is 0.355. The lowest BCUT2D eigenvalue weighted by Gasteiger charge is -2.25. The van der Waals surface area contributed by atoms with Crippen molar-refractivity contribution < 1.29 is 0 Å². The highest BCUT2D eigenvalue weighted by atomic mass is 35.5. The summed E-state index contributed by atoms with van der Waals surface area (Å²) in [6.07, 6.45) is 3.97. The summed E-state index contributed by atoms with van der Waals surface area (Å²) in [5, 5.41) is 5.34. The highest BCUT2D eigenvalue weighted by Crippen LogP contribution is 2.27. The summed E-state index contributed by atoms with van der Waals surface area (Å²) < 4.78 is 0. The maximum Gasteiger partial charge on any atom is 0.0737 e. The molecule has 2 aromatic rings. The number of nitrogens with one attached hydrogen (secondary N) is 1. The molecule has 20 heavy (non-hydrogen) atoms. The molecule has 0 aliphatic heterocycles. The summed E-state index contributed by atoms with van der Waals surface area (Å²) in [6, 6.07) is 7.81. The van der Waals surface area contributed by atoms with Gasteiger partial charge in [0.05, 0.1) is 5.52 Å². The van der Waals surface area contributed by atoms with Crippen LogP contribution in [0.25, 0.3) is 10.9 Å². The fourth-order valence-electron chi connectivity index (χ4n) is 2.24. The Morgan fingerprint density at radius 1 is 1.25 bits per heavy atom. The molecule has 1 N–H and O–H groups in total. The molecule has 0 saturated heterocycles. The van der Waals surface area contributed by atoms with Crippen LogP contribution in [0.1, 0.15) is 26.7 Å². The average molecular weight is 311 g/mol. The van der Waals surface area contributed by atoms with Gasteiger partial charge in [0.2, 0.25) is 0 Å². The van der Waals surface area contributed by atoms with Crippen LogP contribution in [0, 0.1) is 5.41 Å². The molecule has 2 nitrogen and oxygen atoms in total. The molecule has 0 amide bonds. The highest BCUT2D eigenvalue weighted by molar-refractivity contribution is 6.31. The minimum absolute atomic E-state index is 0.219. The van der Waals surface area contributed by atoms with Crippen molar-refractivity contribution in [2.45, 2.75) is 26.7 Å². The number of hydrogen-bond donors (Lipinski definition) is 1. The second-order valence-corrected chi connectivity index (χ2v) is 6.64. The van der Waals surface area contributed by atoms with Gasteiger partial charge in [-0.1, -0.05) is 25.4 Å². The first-order valence-corrected chi connectivity index (χ1v) is 7.77. The standard InChI is InChI=1S/C16H20Cl2N2/c1-16(2,7-3-8-17)11-20-14-6-9-19-15-10-12(18)4-5-13(14)15/h4-6,9-10H,3,7-8,11H2,1-2H3,(H,19,20). The lowest BCUT2D eigenvalue weighted by atomic mass is 9.88. The van der Waals surface area contributed by atoms with Gasteiger partial charge < -0.3 is 5.32 Å². The zero-order chi connectivity index (χ0) is 14.6. The number of alkyl halides is 1. The van der Waals surface area contributed by atoms with Gasteiger partial charge in [-0.25, -0.2) is 0 Å². The zero-order valence-corrected chi connectivity index (χ0v) is 13.4. The summed E-state index contributed by atoms with van der Waals surface area (Å²) in [7, 11) is 0. The van der Waals surface area contributed by atoms with Crippen LogP contribution < -0.4 is 5.32 Å². The minimum Gasteiger partial charge on any atom is -0.384 e. The topological polar surface area (TPSA) is 24.9 Å². The van der Waals surface area contributed by atoms with Gasteiger partial charge in [-0.3, -0.25) is 4.98 Å². The molecule has 108 valence electrons. The number of benzene rings is 1. The Hall–Kier alpha value is -0.990. The number of halogens is 2. The fraction of sp³-hybridized carbons (Fsp3) is 0.438.